The van der Waals surface area contributed by atoms with E-state index in [1.807, 2.05) is 30.5 Å². The van der Waals surface area contributed by atoms with Gasteiger partial charge in [0.25, 0.3) is 5.91 Å². The lowest BCUT2D eigenvalue weighted by molar-refractivity contribution is -0.117. The van der Waals surface area contributed by atoms with Crippen LogP contribution in [0.15, 0.2) is 57.5 Å². The van der Waals surface area contributed by atoms with Crippen LogP contribution in [0.3, 0.4) is 0 Å². The first-order valence-corrected chi connectivity index (χ1v) is 11.8. The number of rotatable bonds is 6. The Morgan fingerprint density at radius 3 is 2.59 bits per heavy atom. The van der Waals surface area contributed by atoms with Crippen molar-refractivity contribution in [1.82, 2.24) is 10.2 Å². The summed E-state index contributed by atoms with van der Waals surface area (Å²) in [6.07, 6.45) is 2.75. The summed E-state index contributed by atoms with van der Waals surface area (Å²) in [5.41, 5.74) is 1.95. The predicted octanol–water partition coefficient (Wildman–Crippen LogP) is 4.67. The molecule has 4 rings (SSSR count). The molecule has 148 valence electrons. The van der Waals surface area contributed by atoms with Crippen LogP contribution in [-0.2, 0) is 11.2 Å². The first-order chi connectivity index (χ1) is 14.0. The third-order valence-electron chi connectivity index (χ3n) is 4.68. The van der Waals surface area contributed by atoms with Crippen LogP contribution in [0.5, 0.6) is 0 Å². The average Bonchev–Trinajstić information content (AvgIpc) is 3.48. The Kier molecular flexibility index (Phi) is 5.53. The number of carbonyl (C=O) groups is 2. The van der Waals surface area contributed by atoms with Gasteiger partial charge in [0, 0.05) is 0 Å². The Labute approximate surface area is 179 Å². The molecule has 3 heterocycles. The lowest BCUT2D eigenvalue weighted by Crippen LogP contribution is -2.31. The minimum Gasteiger partial charge on any atom is -0.503 e. The molecule has 1 aliphatic heterocycles. The third kappa shape index (κ3) is 3.50. The van der Waals surface area contributed by atoms with E-state index < -0.39 is 17.7 Å². The number of anilines is 1. The van der Waals surface area contributed by atoms with Crippen LogP contribution in [0.2, 0.25) is 0 Å². The van der Waals surface area contributed by atoms with E-state index in [0.717, 1.165) is 17.5 Å². The number of aliphatic hydroxyl groups is 1. The maximum absolute atomic E-state index is 13.2. The van der Waals surface area contributed by atoms with Gasteiger partial charge in [-0.15, -0.1) is 21.5 Å². The van der Waals surface area contributed by atoms with Crippen LogP contribution in [-0.4, -0.2) is 33.3 Å². The smallest absolute Gasteiger partial charge is 0.296 e. The highest BCUT2D eigenvalue weighted by molar-refractivity contribution is 8.00. The highest BCUT2D eigenvalue weighted by Gasteiger charge is 2.46. The van der Waals surface area contributed by atoms with Gasteiger partial charge in [-0.3, -0.25) is 14.5 Å². The third-order valence-corrected chi connectivity index (χ3v) is 7.44. The van der Waals surface area contributed by atoms with Gasteiger partial charge in [0.15, 0.2) is 10.1 Å². The molecule has 2 aromatic heterocycles. The van der Waals surface area contributed by atoms with Crippen molar-refractivity contribution in [2.24, 2.45) is 0 Å². The molecule has 0 radical (unpaired) electrons. The number of ketones is 1. The first-order valence-electron chi connectivity index (χ1n) is 8.86. The van der Waals surface area contributed by atoms with Gasteiger partial charge in [-0.25, -0.2) is 0 Å². The number of Topliss-reactive ketones (excluding diaryl/α,β-unsaturated/α-hetero) is 1. The zero-order valence-corrected chi connectivity index (χ0v) is 18.1. The van der Waals surface area contributed by atoms with E-state index in [-0.39, 0.29) is 11.4 Å². The normalized spacial score (nSPS) is 16.7. The molecule has 1 unspecified atom stereocenters. The largest absolute Gasteiger partial charge is 0.503 e. The lowest BCUT2D eigenvalue weighted by atomic mass is 9.94. The average molecular weight is 444 g/mol. The monoisotopic (exact) mass is 443 g/mol. The van der Waals surface area contributed by atoms with Crippen molar-refractivity contribution in [2.75, 3.05) is 11.2 Å². The van der Waals surface area contributed by atoms with E-state index in [9.17, 15) is 14.7 Å². The fraction of sp³-hybridized carbons (Fsp3) is 0.200. The topological polar surface area (TPSA) is 83.4 Å². The summed E-state index contributed by atoms with van der Waals surface area (Å²) in [6.45, 7) is 2.06. The van der Waals surface area contributed by atoms with Gasteiger partial charge >= 0.3 is 0 Å². The van der Waals surface area contributed by atoms with Crippen LogP contribution < -0.4 is 4.90 Å². The molecule has 29 heavy (non-hydrogen) atoms. The minimum absolute atomic E-state index is 0.0719. The predicted molar refractivity (Wildman–Crippen MR) is 116 cm³/mol. The molecule has 3 aromatic rings. The number of carbonyl (C=O) groups excluding carboxylic acids is 2. The Morgan fingerprint density at radius 1 is 1.24 bits per heavy atom. The lowest BCUT2D eigenvalue weighted by Gasteiger charge is -2.24. The molecule has 0 saturated carbocycles. The molecule has 9 heteroatoms. The molecule has 0 fully saturated rings. The van der Waals surface area contributed by atoms with Crippen LogP contribution in [0.4, 0.5) is 5.13 Å². The van der Waals surface area contributed by atoms with Crippen molar-refractivity contribution >= 4 is 51.3 Å². The molecular formula is C20H17N3O3S3. The van der Waals surface area contributed by atoms with Crippen LogP contribution in [0.1, 0.15) is 33.8 Å². The number of thioether (sulfide) groups is 1. The van der Waals surface area contributed by atoms with E-state index >= 15 is 0 Å². The zero-order valence-electron chi connectivity index (χ0n) is 15.7. The maximum atomic E-state index is 13.2. The van der Waals surface area contributed by atoms with Crippen molar-refractivity contribution in [3.8, 4) is 0 Å². The van der Waals surface area contributed by atoms with Crippen LogP contribution in [0, 0.1) is 0 Å². The standard InChI is InChI=1S/C20H17N3O3S3/c1-3-11-6-8-12(9-7-11)15-14(16(24)13-5-4-10-28-13)17(25)18(26)23(15)19-21-22-20(27-2)29-19/h4-10,15,25H,3H2,1-2H3. The molecule has 0 spiro atoms. The fourth-order valence-corrected chi connectivity index (χ4v) is 5.17. The Bertz CT molecular complexity index is 1090. The van der Waals surface area contributed by atoms with Crippen molar-refractivity contribution < 1.29 is 14.7 Å². The molecule has 1 amide bonds. The summed E-state index contributed by atoms with van der Waals surface area (Å²) in [6, 6.07) is 10.4. The Morgan fingerprint density at radius 2 is 2.00 bits per heavy atom. The summed E-state index contributed by atoms with van der Waals surface area (Å²) in [4.78, 5) is 28.0. The van der Waals surface area contributed by atoms with Gasteiger partial charge in [-0.2, -0.15) is 0 Å². The molecule has 1 aliphatic rings. The second kappa shape index (κ2) is 8.10. The molecule has 1 atom stereocenters. The molecule has 1 N–H and O–H groups in total. The van der Waals surface area contributed by atoms with E-state index in [1.54, 1.807) is 17.5 Å². The first kappa shape index (κ1) is 19.8. The quantitative estimate of drug-likeness (QED) is 0.339. The van der Waals surface area contributed by atoms with Gasteiger partial charge < -0.3 is 5.11 Å². The zero-order chi connectivity index (χ0) is 20.5. The molecule has 6 nitrogen and oxygen atoms in total. The number of thiophene rings is 1. The Hall–Kier alpha value is -2.49. The van der Waals surface area contributed by atoms with Gasteiger partial charge in [-0.1, -0.05) is 60.4 Å². The number of hydrogen-bond acceptors (Lipinski definition) is 8. The van der Waals surface area contributed by atoms with Crippen LogP contribution >= 0.6 is 34.4 Å². The molecule has 0 saturated heterocycles. The van der Waals surface area contributed by atoms with Crippen molar-refractivity contribution in [2.45, 2.75) is 23.7 Å². The number of nitrogens with zero attached hydrogens (tertiary/aromatic N) is 3. The highest BCUT2D eigenvalue weighted by atomic mass is 32.2. The fourth-order valence-electron chi connectivity index (χ4n) is 3.21. The number of benzene rings is 1. The van der Waals surface area contributed by atoms with Gasteiger partial charge in [0.2, 0.25) is 10.9 Å². The number of aryl methyl sites for hydroxylation is 1. The van der Waals surface area contributed by atoms with Crippen molar-refractivity contribution in [3.63, 3.8) is 0 Å². The van der Waals surface area contributed by atoms with Crippen LogP contribution in [0.25, 0.3) is 0 Å². The number of amides is 1. The molecular weight excluding hydrogens is 426 g/mol. The van der Waals surface area contributed by atoms with Gasteiger partial charge in [0.05, 0.1) is 16.5 Å². The second-order valence-corrected chi connectivity index (χ2v) is 9.25. The second-order valence-electron chi connectivity index (χ2n) is 6.30. The van der Waals surface area contributed by atoms with Gasteiger partial charge in [0.1, 0.15) is 0 Å². The van der Waals surface area contributed by atoms with Crippen molar-refractivity contribution in [1.29, 1.82) is 0 Å². The SMILES string of the molecule is CCc1ccc(C2C(C(=O)c3cccs3)=C(O)C(=O)N2c2nnc(SC)s2)cc1. The van der Waals surface area contributed by atoms with Gasteiger partial charge in [-0.05, 0) is 35.2 Å². The van der Waals surface area contributed by atoms with Crippen molar-refractivity contribution in [3.05, 3.63) is 69.1 Å². The highest BCUT2D eigenvalue weighted by Crippen LogP contribution is 2.43. The minimum atomic E-state index is -0.759. The summed E-state index contributed by atoms with van der Waals surface area (Å²) in [5, 5.41) is 21.0. The van der Waals surface area contributed by atoms with E-state index in [0.29, 0.717) is 14.3 Å². The maximum Gasteiger partial charge on any atom is 0.296 e. The molecule has 0 bridgehead atoms. The number of aliphatic hydroxyl groups excluding tert-OH is 1. The molecule has 1 aromatic carbocycles. The van der Waals surface area contributed by atoms with E-state index in [1.165, 1.54) is 39.3 Å². The van der Waals surface area contributed by atoms with E-state index in [2.05, 4.69) is 17.1 Å². The number of aromatic nitrogens is 2. The number of hydrogen-bond donors (Lipinski definition) is 1. The summed E-state index contributed by atoms with van der Waals surface area (Å²) < 4.78 is 0.699. The summed E-state index contributed by atoms with van der Waals surface area (Å²) in [7, 11) is 0. The Balaban J connectivity index is 1.85. The molecule has 0 aliphatic carbocycles. The van der Waals surface area contributed by atoms with E-state index in [4.69, 9.17) is 0 Å². The summed E-state index contributed by atoms with van der Waals surface area (Å²) >= 11 is 3.95. The summed E-state index contributed by atoms with van der Waals surface area (Å²) in [5.74, 6) is -1.53.